The van der Waals surface area contributed by atoms with E-state index in [0.717, 1.165) is 6.42 Å². The van der Waals surface area contributed by atoms with Gasteiger partial charge in [-0.25, -0.2) is 0 Å². The Kier molecular flexibility index (Phi) is 9.59. The van der Waals surface area contributed by atoms with Gasteiger partial charge in [-0.2, -0.15) is 0 Å². The van der Waals surface area contributed by atoms with E-state index in [4.69, 9.17) is 9.84 Å². The molecule has 0 bridgehead atoms. The van der Waals surface area contributed by atoms with E-state index in [1.54, 1.807) is 0 Å². The monoisotopic (exact) mass is 256 g/mol. The lowest BCUT2D eigenvalue weighted by Gasteiger charge is -1.99. The maximum Gasteiger partial charge on any atom is 0.0841 e. The molecule has 1 fully saturated rings. The second kappa shape index (κ2) is 10.8. The maximum absolute atomic E-state index is 8.67. The Bertz CT molecular complexity index is 182. The van der Waals surface area contributed by atoms with Crippen LogP contribution in [0.2, 0.25) is 0 Å². The predicted molar refractivity (Wildman–Crippen MR) is 76.8 cm³/mol. The lowest BCUT2D eigenvalue weighted by atomic mass is 10.0. The molecule has 1 heterocycles. The van der Waals surface area contributed by atoms with Crippen molar-refractivity contribution in [2.75, 3.05) is 6.61 Å². The first-order chi connectivity index (χ1) is 8.88. The molecule has 2 heteroatoms. The first kappa shape index (κ1) is 16.0. The van der Waals surface area contributed by atoms with Gasteiger partial charge >= 0.3 is 0 Å². The van der Waals surface area contributed by atoms with Crippen LogP contribution in [0.5, 0.6) is 0 Å². The Morgan fingerprint density at radius 1 is 0.722 bits per heavy atom. The van der Waals surface area contributed by atoms with Crippen LogP contribution >= 0.6 is 0 Å². The SMILES string of the molecule is CCCCCCCC1OC1CCCCCCCO. The third kappa shape index (κ3) is 8.10. The second-order valence-electron chi connectivity index (χ2n) is 5.70. The highest BCUT2D eigenvalue weighted by Crippen LogP contribution is 2.31. The van der Waals surface area contributed by atoms with Crippen molar-refractivity contribution in [1.29, 1.82) is 0 Å². The summed E-state index contributed by atoms with van der Waals surface area (Å²) < 4.78 is 5.71. The standard InChI is InChI=1S/C16H32O2/c1-2-3-4-6-9-12-15-16(18-15)13-10-7-5-8-11-14-17/h15-17H,2-14H2,1H3. The van der Waals surface area contributed by atoms with Crippen molar-refractivity contribution < 1.29 is 9.84 Å². The molecule has 0 aromatic rings. The first-order valence-corrected chi connectivity index (χ1v) is 8.14. The van der Waals surface area contributed by atoms with E-state index < -0.39 is 0 Å². The van der Waals surface area contributed by atoms with Crippen LogP contribution in [0.15, 0.2) is 0 Å². The molecule has 108 valence electrons. The van der Waals surface area contributed by atoms with Gasteiger partial charge in [0.25, 0.3) is 0 Å². The fourth-order valence-corrected chi connectivity index (χ4v) is 2.62. The summed E-state index contributed by atoms with van der Waals surface area (Å²) in [5.74, 6) is 0. The summed E-state index contributed by atoms with van der Waals surface area (Å²) in [6.07, 6.45) is 16.7. The number of rotatable bonds is 13. The van der Waals surface area contributed by atoms with E-state index >= 15 is 0 Å². The number of aliphatic hydroxyl groups is 1. The minimum absolute atomic E-state index is 0.353. The zero-order valence-corrected chi connectivity index (χ0v) is 12.2. The summed E-state index contributed by atoms with van der Waals surface area (Å²) in [6, 6.07) is 0. The lowest BCUT2D eigenvalue weighted by molar-refractivity contribution is 0.282. The van der Waals surface area contributed by atoms with Crippen molar-refractivity contribution in [2.45, 2.75) is 96.2 Å². The molecular weight excluding hydrogens is 224 g/mol. The molecule has 1 N–H and O–H groups in total. The molecule has 0 radical (unpaired) electrons. The highest BCUT2D eigenvalue weighted by atomic mass is 16.6. The molecule has 2 nitrogen and oxygen atoms in total. The molecule has 0 aromatic heterocycles. The number of epoxide rings is 1. The third-order valence-corrected chi connectivity index (χ3v) is 3.93. The minimum atomic E-state index is 0.353. The Hall–Kier alpha value is -0.0800. The Morgan fingerprint density at radius 2 is 1.22 bits per heavy atom. The average molecular weight is 256 g/mol. The average Bonchev–Trinajstić information content (AvgIpc) is 3.12. The van der Waals surface area contributed by atoms with Crippen LogP contribution < -0.4 is 0 Å². The van der Waals surface area contributed by atoms with Crippen LogP contribution in [0.3, 0.4) is 0 Å². The summed E-state index contributed by atoms with van der Waals surface area (Å²) in [5.41, 5.74) is 0. The summed E-state index contributed by atoms with van der Waals surface area (Å²) in [5, 5.41) is 8.67. The molecule has 1 aliphatic heterocycles. The van der Waals surface area contributed by atoms with Gasteiger partial charge < -0.3 is 9.84 Å². The van der Waals surface area contributed by atoms with E-state index in [1.165, 1.54) is 70.6 Å². The van der Waals surface area contributed by atoms with Gasteiger partial charge in [0.2, 0.25) is 0 Å². The van der Waals surface area contributed by atoms with Crippen molar-refractivity contribution >= 4 is 0 Å². The summed E-state index contributed by atoms with van der Waals surface area (Å²) in [7, 11) is 0. The maximum atomic E-state index is 8.67. The largest absolute Gasteiger partial charge is 0.396 e. The van der Waals surface area contributed by atoms with Gasteiger partial charge in [-0.15, -0.1) is 0 Å². The van der Waals surface area contributed by atoms with E-state index in [2.05, 4.69) is 6.92 Å². The molecule has 1 rings (SSSR count). The summed E-state index contributed by atoms with van der Waals surface area (Å²) in [6.45, 7) is 2.62. The van der Waals surface area contributed by atoms with E-state index in [1.807, 2.05) is 0 Å². The second-order valence-corrected chi connectivity index (χ2v) is 5.70. The number of hydrogen-bond donors (Lipinski definition) is 1. The Balaban J connectivity index is 1.77. The molecule has 0 aliphatic carbocycles. The fraction of sp³-hybridized carbons (Fsp3) is 1.00. The van der Waals surface area contributed by atoms with Crippen LogP contribution in [0, 0.1) is 0 Å². The smallest absolute Gasteiger partial charge is 0.0841 e. The molecule has 18 heavy (non-hydrogen) atoms. The van der Waals surface area contributed by atoms with Crippen molar-refractivity contribution in [3.63, 3.8) is 0 Å². The first-order valence-electron chi connectivity index (χ1n) is 8.14. The van der Waals surface area contributed by atoms with E-state index in [9.17, 15) is 0 Å². The minimum Gasteiger partial charge on any atom is -0.396 e. The molecule has 0 spiro atoms. The zero-order valence-electron chi connectivity index (χ0n) is 12.2. The highest BCUT2D eigenvalue weighted by Gasteiger charge is 2.36. The van der Waals surface area contributed by atoms with E-state index in [0.29, 0.717) is 18.8 Å². The molecular formula is C16H32O2. The number of unbranched alkanes of at least 4 members (excludes halogenated alkanes) is 8. The van der Waals surface area contributed by atoms with Crippen LogP contribution in [-0.2, 0) is 4.74 Å². The van der Waals surface area contributed by atoms with Crippen molar-refractivity contribution in [1.82, 2.24) is 0 Å². The number of hydrogen-bond acceptors (Lipinski definition) is 2. The molecule has 1 saturated heterocycles. The number of aliphatic hydroxyl groups excluding tert-OH is 1. The molecule has 0 amide bonds. The van der Waals surface area contributed by atoms with Gasteiger partial charge in [-0.05, 0) is 19.3 Å². The Morgan fingerprint density at radius 3 is 1.78 bits per heavy atom. The van der Waals surface area contributed by atoms with Crippen LogP contribution in [0.25, 0.3) is 0 Å². The molecule has 2 unspecified atom stereocenters. The fourth-order valence-electron chi connectivity index (χ4n) is 2.62. The molecule has 0 saturated carbocycles. The van der Waals surface area contributed by atoms with Crippen molar-refractivity contribution in [3.8, 4) is 0 Å². The normalized spacial score (nSPS) is 22.3. The van der Waals surface area contributed by atoms with Gasteiger partial charge in [0.15, 0.2) is 0 Å². The highest BCUT2D eigenvalue weighted by molar-refractivity contribution is 4.84. The van der Waals surface area contributed by atoms with Crippen LogP contribution in [0.4, 0.5) is 0 Å². The Labute approximate surface area is 113 Å². The molecule has 1 aliphatic rings. The number of ether oxygens (including phenoxy) is 1. The van der Waals surface area contributed by atoms with Crippen molar-refractivity contribution in [2.24, 2.45) is 0 Å². The van der Waals surface area contributed by atoms with Crippen molar-refractivity contribution in [3.05, 3.63) is 0 Å². The van der Waals surface area contributed by atoms with Crippen LogP contribution in [-0.4, -0.2) is 23.9 Å². The molecule has 0 aromatic carbocycles. The summed E-state index contributed by atoms with van der Waals surface area (Å²) in [4.78, 5) is 0. The van der Waals surface area contributed by atoms with E-state index in [-0.39, 0.29) is 0 Å². The van der Waals surface area contributed by atoms with Gasteiger partial charge in [0.05, 0.1) is 12.2 Å². The van der Waals surface area contributed by atoms with Gasteiger partial charge in [-0.1, -0.05) is 64.7 Å². The van der Waals surface area contributed by atoms with Gasteiger partial charge in [0, 0.05) is 6.61 Å². The van der Waals surface area contributed by atoms with Gasteiger partial charge in [-0.3, -0.25) is 0 Å². The van der Waals surface area contributed by atoms with Gasteiger partial charge in [0.1, 0.15) is 0 Å². The topological polar surface area (TPSA) is 32.8 Å². The van der Waals surface area contributed by atoms with Crippen LogP contribution in [0.1, 0.15) is 84.0 Å². The lowest BCUT2D eigenvalue weighted by Crippen LogP contribution is -1.95. The predicted octanol–water partition coefficient (Wildman–Crippen LogP) is 4.45. The summed E-state index contributed by atoms with van der Waals surface area (Å²) >= 11 is 0. The third-order valence-electron chi connectivity index (χ3n) is 3.93. The zero-order chi connectivity index (χ0) is 13.1. The quantitative estimate of drug-likeness (QED) is 0.390. The molecule has 2 atom stereocenters.